The van der Waals surface area contributed by atoms with Gasteiger partial charge in [0, 0.05) is 13.1 Å². The number of nitrogens with one attached hydrogen (secondary N) is 1. The first kappa shape index (κ1) is 15.3. The van der Waals surface area contributed by atoms with E-state index in [1.165, 1.54) is 25.7 Å². The van der Waals surface area contributed by atoms with Crippen molar-refractivity contribution in [2.24, 2.45) is 11.8 Å². The lowest BCUT2D eigenvalue weighted by molar-refractivity contribution is 0.136. The van der Waals surface area contributed by atoms with Gasteiger partial charge in [0.1, 0.15) is 0 Å². The molecule has 4 nitrogen and oxygen atoms in total. The van der Waals surface area contributed by atoms with Gasteiger partial charge in [0.05, 0.1) is 5.75 Å². The lowest BCUT2D eigenvalue weighted by Crippen LogP contribution is -2.45. The zero-order valence-corrected chi connectivity index (χ0v) is 12.9. The van der Waals surface area contributed by atoms with Gasteiger partial charge in [-0.25, -0.2) is 12.7 Å². The molecule has 2 aliphatic rings. The molecule has 0 bridgehead atoms. The van der Waals surface area contributed by atoms with Gasteiger partial charge >= 0.3 is 0 Å². The summed E-state index contributed by atoms with van der Waals surface area (Å²) in [5.74, 6) is 1.76. The van der Waals surface area contributed by atoms with Crippen molar-refractivity contribution < 1.29 is 8.42 Å². The molecule has 1 N–H and O–H groups in total. The highest BCUT2D eigenvalue weighted by Crippen LogP contribution is 2.36. The molecule has 1 heterocycles. The van der Waals surface area contributed by atoms with Crippen LogP contribution in [0.25, 0.3) is 0 Å². The third-order valence-electron chi connectivity index (χ3n) is 4.73. The van der Waals surface area contributed by atoms with E-state index < -0.39 is 10.0 Å². The second-order valence-corrected chi connectivity index (χ2v) is 8.17. The molecule has 0 aromatic rings. The standard InChI is InChI=1S/C14H28N2O2S/c1-15-9-4-5-11-19(17,18)16-10-8-13-6-2-3-7-14(13)12-16/h13-15H,2-12H2,1H3. The minimum absolute atomic E-state index is 0.325. The van der Waals surface area contributed by atoms with Gasteiger partial charge < -0.3 is 5.32 Å². The molecule has 1 saturated heterocycles. The summed E-state index contributed by atoms with van der Waals surface area (Å²) in [6, 6.07) is 0. The molecule has 0 spiro atoms. The Morgan fingerprint density at radius 1 is 1.11 bits per heavy atom. The molecule has 0 radical (unpaired) electrons. The maximum absolute atomic E-state index is 12.3. The molecular weight excluding hydrogens is 260 g/mol. The normalized spacial score (nSPS) is 29.1. The summed E-state index contributed by atoms with van der Waals surface area (Å²) < 4.78 is 26.4. The number of piperidine rings is 1. The summed E-state index contributed by atoms with van der Waals surface area (Å²) >= 11 is 0. The molecule has 2 fully saturated rings. The number of unbranched alkanes of at least 4 members (excludes halogenated alkanes) is 1. The topological polar surface area (TPSA) is 49.4 Å². The Morgan fingerprint density at radius 2 is 1.84 bits per heavy atom. The second kappa shape index (κ2) is 7.04. The third-order valence-corrected chi connectivity index (χ3v) is 6.65. The molecule has 1 aliphatic heterocycles. The molecule has 1 saturated carbocycles. The monoisotopic (exact) mass is 288 g/mol. The van der Waals surface area contributed by atoms with E-state index in [-0.39, 0.29) is 0 Å². The van der Waals surface area contributed by atoms with Crippen LogP contribution in [0.15, 0.2) is 0 Å². The van der Waals surface area contributed by atoms with E-state index >= 15 is 0 Å². The second-order valence-electron chi connectivity index (χ2n) is 6.08. The fraction of sp³-hybridized carbons (Fsp3) is 1.00. The van der Waals surface area contributed by atoms with Crippen molar-refractivity contribution in [1.29, 1.82) is 0 Å². The molecule has 0 aromatic heterocycles. The third kappa shape index (κ3) is 4.17. The van der Waals surface area contributed by atoms with Crippen LogP contribution in [-0.4, -0.2) is 45.2 Å². The summed E-state index contributed by atoms with van der Waals surface area (Å²) in [5.41, 5.74) is 0. The number of nitrogens with zero attached hydrogens (tertiary/aromatic N) is 1. The molecule has 5 heteroatoms. The summed E-state index contributed by atoms with van der Waals surface area (Å²) in [7, 11) is -1.10. The van der Waals surface area contributed by atoms with Gasteiger partial charge in [-0.3, -0.25) is 0 Å². The predicted molar refractivity (Wildman–Crippen MR) is 78.6 cm³/mol. The first-order chi connectivity index (χ1) is 9.13. The lowest BCUT2D eigenvalue weighted by atomic mass is 9.76. The van der Waals surface area contributed by atoms with Crippen LogP contribution in [0.4, 0.5) is 0 Å². The van der Waals surface area contributed by atoms with Crippen molar-refractivity contribution in [3.05, 3.63) is 0 Å². The molecule has 19 heavy (non-hydrogen) atoms. The fourth-order valence-electron chi connectivity index (χ4n) is 3.54. The highest BCUT2D eigenvalue weighted by Gasteiger charge is 2.35. The van der Waals surface area contributed by atoms with Crippen LogP contribution in [0, 0.1) is 11.8 Å². The fourth-order valence-corrected chi connectivity index (χ4v) is 5.16. The average Bonchev–Trinajstić information content (AvgIpc) is 2.43. The van der Waals surface area contributed by atoms with Crippen molar-refractivity contribution in [2.75, 3.05) is 32.4 Å². The van der Waals surface area contributed by atoms with Crippen molar-refractivity contribution in [3.63, 3.8) is 0 Å². The Hall–Kier alpha value is -0.130. The van der Waals surface area contributed by atoms with E-state index in [2.05, 4.69) is 5.32 Å². The van der Waals surface area contributed by atoms with Gasteiger partial charge in [0.25, 0.3) is 0 Å². The molecular formula is C14H28N2O2S. The van der Waals surface area contributed by atoms with Crippen molar-refractivity contribution >= 4 is 10.0 Å². The maximum atomic E-state index is 12.3. The first-order valence-electron chi connectivity index (χ1n) is 7.76. The van der Waals surface area contributed by atoms with Crippen LogP contribution < -0.4 is 5.32 Å². The van der Waals surface area contributed by atoms with Crippen molar-refractivity contribution in [2.45, 2.75) is 44.9 Å². The molecule has 0 amide bonds. The molecule has 1 aliphatic carbocycles. The van der Waals surface area contributed by atoms with Crippen molar-refractivity contribution in [1.82, 2.24) is 9.62 Å². The molecule has 0 aromatic carbocycles. The Labute approximate surface area is 118 Å². The zero-order valence-electron chi connectivity index (χ0n) is 12.1. The quantitative estimate of drug-likeness (QED) is 0.759. The number of fused-ring (bicyclic) bond motifs is 1. The highest BCUT2D eigenvalue weighted by molar-refractivity contribution is 7.89. The number of sulfonamides is 1. The molecule has 112 valence electrons. The van der Waals surface area contributed by atoms with Crippen molar-refractivity contribution in [3.8, 4) is 0 Å². The molecule has 2 rings (SSSR count). The Morgan fingerprint density at radius 3 is 2.58 bits per heavy atom. The number of rotatable bonds is 6. The SMILES string of the molecule is CNCCCCS(=O)(=O)N1CCC2CCCCC2C1. The van der Waals surface area contributed by atoms with E-state index in [4.69, 9.17) is 0 Å². The van der Waals surface area contributed by atoms with Gasteiger partial charge in [0.15, 0.2) is 0 Å². The Balaban J connectivity index is 1.83. The maximum Gasteiger partial charge on any atom is 0.214 e. The smallest absolute Gasteiger partial charge is 0.214 e. The van der Waals surface area contributed by atoms with E-state index in [0.717, 1.165) is 44.8 Å². The Kier molecular flexibility index (Phi) is 5.66. The predicted octanol–water partition coefficient (Wildman–Crippen LogP) is 1.83. The average molecular weight is 288 g/mol. The van der Waals surface area contributed by atoms with E-state index in [1.807, 2.05) is 7.05 Å². The lowest BCUT2D eigenvalue weighted by Gasteiger charge is -2.40. The van der Waals surface area contributed by atoms with Gasteiger partial charge in [-0.1, -0.05) is 19.3 Å². The molecule has 2 unspecified atom stereocenters. The van der Waals surface area contributed by atoms with E-state index in [9.17, 15) is 8.42 Å². The molecule has 2 atom stereocenters. The van der Waals surface area contributed by atoms with Crippen LogP contribution >= 0.6 is 0 Å². The van der Waals surface area contributed by atoms with E-state index in [0.29, 0.717) is 11.7 Å². The van der Waals surface area contributed by atoms with Crippen LogP contribution in [0.5, 0.6) is 0 Å². The summed E-state index contributed by atoms with van der Waals surface area (Å²) in [6.45, 7) is 2.45. The minimum atomic E-state index is -3.01. The Bertz CT molecular complexity index is 370. The minimum Gasteiger partial charge on any atom is -0.320 e. The summed E-state index contributed by atoms with van der Waals surface area (Å²) in [4.78, 5) is 0. The van der Waals surface area contributed by atoms with Gasteiger partial charge in [-0.15, -0.1) is 0 Å². The number of hydrogen-bond donors (Lipinski definition) is 1. The van der Waals surface area contributed by atoms with Crippen LogP contribution in [-0.2, 0) is 10.0 Å². The highest BCUT2D eigenvalue weighted by atomic mass is 32.2. The van der Waals surface area contributed by atoms with Crippen LogP contribution in [0.1, 0.15) is 44.9 Å². The zero-order chi connectivity index (χ0) is 13.7. The summed E-state index contributed by atoms with van der Waals surface area (Å²) in [5, 5.41) is 3.06. The first-order valence-corrected chi connectivity index (χ1v) is 9.37. The van der Waals surface area contributed by atoms with Gasteiger partial charge in [0.2, 0.25) is 10.0 Å². The van der Waals surface area contributed by atoms with E-state index in [1.54, 1.807) is 4.31 Å². The largest absolute Gasteiger partial charge is 0.320 e. The van der Waals surface area contributed by atoms with Gasteiger partial charge in [-0.2, -0.15) is 0 Å². The van der Waals surface area contributed by atoms with Crippen LogP contribution in [0.3, 0.4) is 0 Å². The van der Waals surface area contributed by atoms with Gasteiger partial charge in [-0.05, 0) is 51.1 Å². The summed E-state index contributed by atoms with van der Waals surface area (Å²) in [6.07, 6.45) is 7.98. The van der Waals surface area contributed by atoms with Crippen LogP contribution in [0.2, 0.25) is 0 Å². The number of hydrogen-bond acceptors (Lipinski definition) is 3.